The molecule has 0 bridgehead atoms. The van der Waals surface area contributed by atoms with Gasteiger partial charge in [-0.3, -0.25) is 0 Å². The Balaban J connectivity index is 1.79. The number of rotatable bonds is 8. The Morgan fingerprint density at radius 2 is 1.69 bits per heavy atom. The number of hydrogen-bond acceptors (Lipinski definition) is 3. The van der Waals surface area contributed by atoms with Crippen LogP contribution in [0.1, 0.15) is 11.1 Å². The van der Waals surface area contributed by atoms with E-state index in [1.807, 2.05) is 30.3 Å². The summed E-state index contributed by atoms with van der Waals surface area (Å²) in [5.74, 6) is -0.0484. The molecule has 3 aromatic rings. The second-order valence-corrected chi connectivity index (χ2v) is 7.42. The minimum absolute atomic E-state index is 0.108. The molecule has 0 saturated heterocycles. The first-order valence-corrected chi connectivity index (χ1v) is 9.85. The third-order valence-corrected chi connectivity index (χ3v) is 5.07. The van der Waals surface area contributed by atoms with Crippen LogP contribution in [0.4, 0.5) is 4.39 Å². The van der Waals surface area contributed by atoms with Crippen molar-refractivity contribution >= 4 is 23.2 Å². The first kappa shape index (κ1) is 21.6. The molecule has 29 heavy (non-hydrogen) atoms. The van der Waals surface area contributed by atoms with Gasteiger partial charge in [-0.25, -0.2) is 4.39 Å². The number of benzene rings is 3. The maximum Gasteiger partial charge on any atom is 0.130 e. The van der Waals surface area contributed by atoms with Gasteiger partial charge in [0.25, 0.3) is 0 Å². The van der Waals surface area contributed by atoms with Crippen LogP contribution >= 0.6 is 23.2 Å². The van der Waals surface area contributed by atoms with Crippen molar-refractivity contribution in [2.75, 3.05) is 13.7 Å². The first-order chi connectivity index (χ1) is 14.0. The lowest BCUT2D eigenvalue weighted by molar-refractivity contribution is 0.0286. The summed E-state index contributed by atoms with van der Waals surface area (Å²) in [5, 5.41) is 11.2. The van der Waals surface area contributed by atoms with Crippen LogP contribution in [-0.2, 0) is 17.8 Å². The average molecular weight is 435 g/mol. The van der Waals surface area contributed by atoms with E-state index in [-0.39, 0.29) is 13.0 Å². The maximum atomic E-state index is 14.4. The zero-order valence-corrected chi connectivity index (χ0v) is 17.4. The molecule has 152 valence electrons. The predicted octanol–water partition coefficient (Wildman–Crippen LogP) is 5.93. The molecule has 0 amide bonds. The summed E-state index contributed by atoms with van der Waals surface area (Å²) in [5.41, 5.74) is 2.45. The van der Waals surface area contributed by atoms with Crippen LogP contribution < -0.4 is 4.74 Å². The summed E-state index contributed by atoms with van der Waals surface area (Å²) in [7, 11) is 1.49. The molecular weight excluding hydrogens is 414 g/mol. The molecule has 0 saturated carbocycles. The van der Waals surface area contributed by atoms with Crippen LogP contribution in [0.5, 0.6) is 5.75 Å². The first-order valence-electron chi connectivity index (χ1n) is 9.10. The number of methoxy groups -OCH3 is 1. The lowest BCUT2D eigenvalue weighted by Gasteiger charge is -2.18. The molecular formula is C23H21Cl2FO3. The minimum atomic E-state index is -0.830. The third kappa shape index (κ3) is 5.49. The highest BCUT2D eigenvalue weighted by molar-refractivity contribution is 6.39. The van der Waals surface area contributed by atoms with E-state index in [1.54, 1.807) is 18.2 Å². The van der Waals surface area contributed by atoms with E-state index in [0.717, 1.165) is 5.56 Å². The number of halogens is 3. The van der Waals surface area contributed by atoms with Gasteiger partial charge < -0.3 is 14.6 Å². The van der Waals surface area contributed by atoms with E-state index in [9.17, 15) is 9.50 Å². The monoisotopic (exact) mass is 434 g/mol. The summed E-state index contributed by atoms with van der Waals surface area (Å²) < 4.78 is 25.5. The Kier molecular flexibility index (Phi) is 7.51. The maximum absolute atomic E-state index is 14.4. The van der Waals surface area contributed by atoms with Crippen molar-refractivity contribution in [2.45, 2.75) is 19.1 Å². The Bertz CT molecular complexity index is 944. The topological polar surface area (TPSA) is 38.7 Å². The lowest BCUT2D eigenvalue weighted by atomic mass is 9.98. The summed E-state index contributed by atoms with van der Waals surface area (Å²) in [4.78, 5) is 0. The van der Waals surface area contributed by atoms with Gasteiger partial charge in [0.2, 0.25) is 0 Å². The van der Waals surface area contributed by atoms with Crippen LogP contribution in [0, 0.1) is 5.82 Å². The fourth-order valence-corrected chi connectivity index (χ4v) is 3.78. The molecule has 0 aliphatic heterocycles. The molecule has 3 nitrogen and oxygen atoms in total. The van der Waals surface area contributed by atoms with Crippen molar-refractivity contribution in [2.24, 2.45) is 0 Å². The molecule has 6 heteroatoms. The second kappa shape index (κ2) is 10.1. The van der Waals surface area contributed by atoms with Crippen LogP contribution in [0.15, 0.2) is 60.7 Å². The summed E-state index contributed by atoms with van der Waals surface area (Å²) >= 11 is 12.6. The molecule has 0 spiro atoms. The Hall–Kier alpha value is -2.11. The van der Waals surface area contributed by atoms with Gasteiger partial charge in [0.15, 0.2) is 0 Å². The van der Waals surface area contributed by atoms with Gasteiger partial charge in [-0.05, 0) is 29.8 Å². The van der Waals surface area contributed by atoms with Gasteiger partial charge in [0.05, 0.1) is 36.5 Å². The molecule has 0 aliphatic rings. The number of hydrogen-bond donors (Lipinski definition) is 1. The van der Waals surface area contributed by atoms with Crippen molar-refractivity contribution < 1.29 is 19.0 Å². The quantitative estimate of drug-likeness (QED) is 0.477. The molecule has 0 heterocycles. The molecule has 0 aromatic heterocycles. The van der Waals surface area contributed by atoms with E-state index < -0.39 is 11.9 Å². The standard InChI is InChI=1S/C23H21Cl2FO3/c1-28-23-16(11-18(27)14-29-13-15-6-3-2-4-7-15)10-17(26)12-19(23)22-20(24)8-5-9-21(22)25/h2-10,12,18,27H,11,13-14H2,1H3. The van der Waals surface area contributed by atoms with Gasteiger partial charge in [0.1, 0.15) is 11.6 Å². The lowest BCUT2D eigenvalue weighted by Crippen LogP contribution is -2.19. The van der Waals surface area contributed by atoms with E-state index in [0.29, 0.717) is 39.1 Å². The average Bonchev–Trinajstić information content (AvgIpc) is 2.68. The van der Waals surface area contributed by atoms with Gasteiger partial charge >= 0.3 is 0 Å². The van der Waals surface area contributed by atoms with E-state index in [1.165, 1.54) is 19.2 Å². The Labute approximate surface area is 179 Å². The van der Waals surface area contributed by atoms with Crippen LogP contribution in [0.25, 0.3) is 11.1 Å². The number of aliphatic hydroxyl groups excluding tert-OH is 1. The number of aliphatic hydroxyl groups is 1. The fourth-order valence-electron chi connectivity index (χ4n) is 3.18. The Morgan fingerprint density at radius 3 is 2.34 bits per heavy atom. The predicted molar refractivity (Wildman–Crippen MR) is 114 cm³/mol. The summed E-state index contributed by atoms with van der Waals surface area (Å²) in [6, 6.07) is 17.4. The van der Waals surface area contributed by atoms with Crippen LogP contribution in [0.2, 0.25) is 10.0 Å². The SMILES string of the molecule is COc1c(CC(O)COCc2ccccc2)cc(F)cc1-c1c(Cl)cccc1Cl. The molecule has 0 radical (unpaired) electrons. The van der Waals surface area contributed by atoms with Gasteiger partial charge in [-0.1, -0.05) is 59.6 Å². The van der Waals surface area contributed by atoms with Gasteiger partial charge in [-0.15, -0.1) is 0 Å². The molecule has 3 rings (SSSR count). The fraction of sp³-hybridized carbons (Fsp3) is 0.217. The zero-order valence-electron chi connectivity index (χ0n) is 15.9. The normalized spacial score (nSPS) is 12.0. The van der Waals surface area contributed by atoms with Crippen LogP contribution in [-0.4, -0.2) is 24.9 Å². The van der Waals surface area contributed by atoms with E-state index in [2.05, 4.69) is 0 Å². The molecule has 1 N–H and O–H groups in total. The minimum Gasteiger partial charge on any atom is -0.496 e. The largest absolute Gasteiger partial charge is 0.496 e. The summed E-state index contributed by atoms with van der Waals surface area (Å²) in [6.07, 6.45) is -0.672. The van der Waals surface area contributed by atoms with Crippen molar-refractivity contribution in [3.8, 4) is 16.9 Å². The van der Waals surface area contributed by atoms with Crippen molar-refractivity contribution in [1.82, 2.24) is 0 Å². The highest BCUT2D eigenvalue weighted by atomic mass is 35.5. The zero-order chi connectivity index (χ0) is 20.8. The van der Waals surface area contributed by atoms with Crippen molar-refractivity contribution in [1.29, 1.82) is 0 Å². The molecule has 0 fully saturated rings. The van der Waals surface area contributed by atoms with Crippen molar-refractivity contribution in [3.05, 3.63) is 87.7 Å². The van der Waals surface area contributed by atoms with Crippen molar-refractivity contribution in [3.63, 3.8) is 0 Å². The summed E-state index contributed by atoms with van der Waals surface area (Å²) in [6.45, 7) is 0.495. The number of ether oxygens (including phenoxy) is 2. The Morgan fingerprint density at radius 1 is 1.00 bits per heavy atom. The molecule has 1 atom stereocenters. The molecule has 0 aliphatic carbocycles. The highest BCUT2D eigenvalue weighted by Crippen LogP contribution is 2.42. The second-order valence-electron chi connectivity index (χ2n) is 6.60. The smallest absolute Gasteiger partial charge is 0.130 e. The van der Waals surface area contributed by atoms with Gasteiger partial charge in [0, 0.05) is 23.1 Å². The van der Waals surface area contributed by atoms with E-state index >= 15 is 0 Å². The third-order valence-electron chi connectivity index (χ3n) is 4.44. The highest BCUT2D eigenvalue weighted by Gasteiger charge is 2.20. The van der Waals surface area contributed by atoms with Gasteiger partial charge in [-0.2, -0.15) is 0 Å². The van der Waals surface area contributed by atoms with Crippen LogP contribution in [0.3, 0.4) is 0 Å². The molecule has 1 unspecified atom stereocenters. The van der Waals surface area contributed by atoms with E-state index in [4.69, 9.17) is 32.7 Å². The molecule has 3 aromatic carbocycles.